The van der Waals surface area contributed by atoms with Crippen molar-refractivity contribution >= 4 is 23.3 Å². The topological polar surface area (TPSA) is 95.8 Å². The van der Waals surface area contributed by atoms with E-state index in [0.717, 1.165) is 98.6 Å². The van der Waals surface area contributed by atoms with Crippen molar-refractivity contribution in [3.63, 3.8) is 0 Å². The first-order valence-electron chi connectivity index (χ1n) is 16.3. The fourth-order valence-corrected chi connectivity index (χ4v) is 6.55. The number of piperidine rings is 1. The Kier molecular flexibility index (Phi) is 8.82. The zero-order valence-corrected chi connectivity index (χ0v) is 26.1. The highest BCUT2D eigenvalue weighted by atomic mass is 19.1. The number of hydrogen-bond acceptors (Lipinski definition) is 8. The molecule has 2 aromatic carbocycles. The summed E-state index contributed by atoms with van der Waals surface area (Å²) in [5.41, 5.74) is 5.56. The summed E-state index contributed by atoms with van der Waals surface area (Å²) in [6, 6.07) is 14.9. The minimum Gasteiger partial charge on any atom is -0.473 e. The molecule has 0 bridgehead atoms. The minimum atomic E-state index is -0.417. The number of likely N-dealkylation sites (tertiary alicyclic amines) is 1. The number of fused-ring (bicyclic) bond motifs is 1. The van der Waals surface area contributed by atoms with E-state index >= 15 is 0 Å². The van der Waals surface area contributed by atoms with Gasteiger partial charge in [-0.25, -0.2) is 14.4 Å². The highest BCUT2D eigenvalue weighted by Gasteiger charge is 2.32. The van der Waals surface area contributed by atoms with Crippen LogP contribution in [-0.2, 0) is 40.6 Å². The van der Waals surface area contributed by atoms with Gasteiger partial charge in [0.15, 0.2) is 5.78 Å². The van der Waals surface area contributed by atoms with E-state index in [1.807, 2.05) is 31.2 Å². The normalized spacial score (nSPS) is 18.8. The highest BCUT2D eigenvalue weighted by Crippen LogP contribution is 2.34. The number of halogens is 1. The van der Waals surface area contributed by atoms with Gasteiger partial charge in [-0.3, -0.25) is 14.5 Å². The van der Waals surface area contributed by atoms with Crippen molar-refractivity contribution in [3.05, 3.63) is 88.1 Å². The Morgan fingerprint density at radius 2 is 1.87 bits per heavy atom. The van der Waals surface area contributed by atoms with E-state index in [4.69, 9.17) is 24.2 Å². The summed E-state index contributed by atoms with van der Waals surface area (Å²) in [5, 5.41) is 0. The Morgan fingerprint density at radius 1 is 1.04 bits per heavy atom. The molecule has 0 N–H and O–H groups in total. The number of benzene rings is 2. The van der Waals surface area contributed by atoms with Gasteiger partial charge in [-0.15, -0.1) is 0 Å². The lowest BCUT2D eigenvalue weighted by atomic mass is 9.93. The molecule has 10 heteroatoms. The van der Waals surface area contributed by atoms with Gasteiger partial charge in [0.25, 0.3) is 6.47 Å². The maximum atomic E-state index is 14.9. The van der Waals surface area contributed by atoms with Crippen molar-refractivity contribution in [2.24, 2.45) is 5.92 Å². The molecule has 3 aliphatic rings. The molecular weight excluding hydrogens is 587 g/mol. The molecule has 9 nitrogen and oxygen atoms in total. The van der Waals surface area contributed by atoms with Crippen molar-refractivity contribution in [2.45, 2.75) is 77.4 Å². The standard InChI is InChI=1S/C36H39FN4O5/c1-23-15-27(30(37)17-29(23)36(43)26-6-7-26)21-46-35-4-2-3-31(39-35)25-9-12-40(13-10-25)19-34-38-32-8-5-24(20-44-22-42)16-33(32)41(34)18-28-11-14-45-28/h2-5,8,15-17,22,25-26,28H,6-7,9-14,18-21H2,1H3/t28-/m0/s1. The molecule has 1 aliphatic carbocycles. The molecule has 1 saturated carbocycles. The first-order chi connectivity index (χ1) is 22.4. The summed E-state index contributed by atoms with van der Waals surface area (Å²) in [4.78, 5) is 35.4. The van der Waals surface area contributed by atoms with Crippen LogP contribution in [0.2, 0.25) is 0 Å². The van der Waals surface area contributed by atoms with Crippen LogP contribution in [0.4, 0.5) is 4.39 Å². The van der Waals surface area contributed by atoms with Crippen LogP contribution in [0.1, 0.15) is 76.6 Å². The molecular formula is C36H39FN4O5. The SMILES string of the molecule is Cc1cc(COc2cccc(C3CCN(Cc4nc5ccc(COC=O)cc5n4C[C@@H]4CCO4)CC3)n2)c(F)cc1C(=O)C1CC1. The molecule has 0 spiro atoms. The number of Topliss-reactive ketones (excluding diaryl/α,β-unsaturated/α-hetero) is 1. The van der Waals surface area contributed by atoms with E-state index < -0.39 is 5.82 Å². The second kappa shape index (κ2) is 13.3. The lowest BCUT2D eigenvalue weighted by Gasteiger charge is -2.32. The smallest absolute Gasteiger partial charge is 0.293 e. The molecule has 0 radical (unpaired) electrons. The molecule has 2 aromatic heterocycles. The molecule has 4 aromatic rings. The predicted molar refractivity (Wildman–Crippen MR) is 169 cm³/mol. The van der Waals surface area contributed by atoms with Gasteiger partial charge in [0.2, 0.25) is 5.88 Å². The van der Waals surface area contributed by atoms with E-state index in [1.54, 1.807) is 12.1 Å². The number of carbonyl (C=O) groups excluding carboxylic acids is 2. The van der Waals surface area contributed by atoms with E-state index in [1.165, 1.54) is 6.07 Å². The Labute approximate surface area is 267 Å². The maximum absolute atomic E-state index is 14.9. The lowest BCUT2D eigenvalue weighted by Crippen LogP contribution is -2.35. The van der Waals surface area contributed by atoms with Crippen LogP contribution < -0.4 is 4.74 Å². The number of pyridine rings is 1. The number of hydrogen-bond donors (Lipinski definition) is 0. The van der Waals surface area contributed by atoms with Crippen molar-refractivity contribution in [1.29, 1.82) is 0 Å². The monoisotopic (exact) mass is 626 g/mol. The van der Waals surface area contributed by atoms with Gasteiger partial charge >= 0.3 is 0 Å². The summed E-state index contributed by atoms with van der Waals surface area (Å²) >= 11 is 0. The molecule has 3 fully saturated rings. The number of rotatable bonds is 13. The van der Waals surface area contributed by atoms with Gasteiger partial charge in [0, 0.05) is 41.3 Å². The van der Waals surface area contributed by atoms with Crippen molar-refractivity contribution in [1.82, 2.24) is 19.4 Å². The predicted octanol–water partition coefficient (Wildman–Crippen LogP) is 5.89. The second-order valence-electron chi connectivity index (χ2n) is 12.8. The molecule has 0 amide bonds. The minimum absolute atomic E-state index is 0.0442. The number of aryl methyl sites for hydroxylation is 1. The van der Waals surface area contributed by atoms with Crippen LogP contribution in [0.15, 0.2) is 48.5 Å². The number of carbonyl (C=O) groups is 2. The molecule has 2 aliphatic heterocycles. The van der Waals surface area contributed by atoms with Gasteiger partial charge in [0.1, 0.15) is 24.9 Å². The van der Waals surface area contributed by atoms with Crippen LogP contribution in [0.25, 0.3) is 11.0 Å². The van der Waals surface area contributed by atoms with Crippen LogP contribution in [0, 0.1) is 18.7 Å². The molecule has 2 saturated heterocycles. The van der Waals surface area contributed by atoms with E-state index in [2.05, 4.69) is 15.5 Å². The van der Waals surface area contributed by atoms with Gasteiger partial charge in [-0.05, 0) is 93.6 Å². The Bertz CT molecular complexity index is 1740. The first-order valence-corrected chi connectivity index (χ1v) is 16.3. The van der Waals surface area contributed by atoms with Gasteiger partial charge in [-0.1, -0.05) is 12.1 Å². The summed E-state index contributed by atoms with van der Waals surface area (Å²) < 4.78 is 33.8. The third kappa shape index (κ3) is 6.69. The first kappa shape index (κ1) is 30.5. The summed E-state index contributed by atoms with van der Waals surface area (Å²) in [7, 11) is 0. The van der Waals surface area contributed by atoms with Crippen LogP contribution in [-0.4, -0.2) is 57.5 Å². The molecule has 7 rings (SSSR count). The Morgan fingerprint density at radius 3 is 2.61 bits per heavy atom. The number of ketones is 1. The fraction of sp³-hybridized carbons (Fsp3) is 0.444. The van der Waals surface area contributed by atoms with Crippen LogP contribution in [0.3, 0.4) is 0 Å². The van der Waals surface area contributed by atoms with E-state index in [0.29, 0.717) is 29.4 Å². The molecule has 4 heterocycles. The van der Waals surface area contributed by atoms with E-state index in [-0.39, 0.29) is 31.0 Å². The summed E-state index contributed by atoms with van der Waals surface area (Å²) in [6.07, 6.45) is 4.93. The largest absolute Gasteiger partial charge is 0.473 e. The van der Waals surface area contributed by atoms with Gasteiger partial charge in [0.05, 0.1) is 30.2 Å². The third-order valence-electron chi connectivity index (χ3n) is 9.49. The quantitative estimate of drug-likeness (QED) is 0.134. The average Bonchev–Trinajstić information content (AvgIpc) is 3.85. The molecule has 240 valence electrons. The average molecular weight is 627 g/mol. The molecule has 1 atom stereocenters. The highest BCUT2D eigenvalue weighted by molar-refractivity contribution is 6.00. The van der Waals surface area contributed by atoms with Crippen molar-refractivity contribution in [3.8, 4) is 5.88 Å². The van der Waals surface area contributed by atoms with Crippen molar-refractivity contribution < 1.29 is 28.2 Å². The fourth-order valence-electron chi connectivity index (χ4n) is 6.55. The Hall–Kier alpha value is -4.15. The lowest BCUT2D eigenvalue weighted by molar-refractivity contribution is -0.129. The van der Waals surface area contributed by atoms with Gasteiger partial charge < -0.3 is 18.8 Å². The third-order valence-corrected chi connectivity index (χ3v) is 9.49. The zero-order valence-electron chi connectivity index (χ0n) is 26.1. The van der Waals surface area contributed by atoms with Crippen LogP contribution in [0.5, 0.6) is 5.88 Å². The Balaban J connectivity index is 0.980. The van der Waals surface area contributed by atoms with Crippen LogP contribution >= 0.6 is 0 Å². The van der Waals surface area contributed by atoms with Gasteiger partial charge in [-0.2, -0.15) is 0 Å². The molecule has 46 heavy (non-hydrogen) atoms. The molecule has 0 unspecified atom stereocenters. The number of nitrogens with zero attached hydrogens (tertiary/aromatic N) is 4. The van der Waals surface area contributed by atoms with E-state index in [9.17, 15) is 14.0 Å². The number of imidazole rings is 1. The zero-order chi connectivity index (χ0) is 31.6. The maximum Gasteiger partial charge on any atom is 0.293 e. The summed E-state index contributed by atoms with van der Waals surface area (Å²) in [6.45, 7) is 6.72. The summed E-state index contributed by atoms with van der Waals surface area (Å²) in [5.74, 6) is 1.47. The van der Waals surface area contributed by atoms with Crippen molar-refractivity contribution in [2.75, 3.05) is 19.7 Å². The number of aromatic nitrogens is 3. The number of ether oxygens (including phenoxy) is 3. The second-order valence-corrected chi connectivity index (χ2v) is 12.8.